The summed E-state index contributed by atoms with van der Waals surface area (Å²) in [7, 11) is 0. The molecule has 0 aliphatic carbocycles. The fourth-order valence-electron chi connectivity index (χ4n) is 4.24. The van der Waals surface area contributed by atoms with Crippen LogP contribution in [0.4, 0.5) is 0 Å². The molecule has 0 spiro atoms. The predicted octanol–water partition coefficient (Wildman–Crippen LogP) is 5.13. The Labute approximate surface area is 217 Å². The van der Waals surface area contributed by atoms with Crippen molar-refractivity contribution in [3.63, 3.8) is 0 Å². The number of rotatable bonds is 6. The van der Waals surface area contributed by atoms with Gasteiger partial charge in [-0.05, 0) is 64.7 Å². The van der Waals surface area contributed by atoms with Crippen LogP contribution in [-0.2, 0) is 25.5 Å². The second-order valence-corrected chi connectivity index (χ2v) is 9.39. The van der Waals surface area contributed by atoms with E-state index in [4.69, 9.17) is 25.9 Å². The zero-order chi connectivity index (χ0) is 26.2. The maximum absolute atomic E-state index is 12.4. The molecule has 3 rings (SSSR count). The summed E-state index contributed by atoms with van der Waals surface area (Å²) in [6, 6.07) is 1.34. The number of hydrogen-bond donors (Lipinski definition) is 1. The number of aromatic hydroxyl groups is 1. The number of allylic oxidation sites excluding steroid dienone is 3. The fraction of sp³-hybridized carbons (Fsp3) is 0.519. The number of hydrogen-bond acceptors (Lipinski definition) is 7. The number of aldehydes is 1. The van der Waals surface area contributed by atoms with E-state index in [1.165, 1.54) is 6.07 Å². The third-order valence-electron chi connectivity index (χ3n) is 6.24. The number of oxime groups is 1. The number of halogens is 1. The molecular weight excluding hydrogens is 484 g/mol. The number of nitrogens with zero attached hydrogens (tertiary/aromatic N) is 2. The lowest BCUT2D eigenvalue weighted by atomic mass is 9.93. The van der Waals surface area contributed by atoms with Crippen molar-refractivity contribution in [2.75, 3.05) is 19.7 Å². The average Bonchev–Trinajstić information content (AvgIpc) is 3.59. The Balaban J connectivity index is 2.00. The first kappa shape index (κ1) is 27.9. The molecule has 1 aromatic rings. The molecular formula is C27H35ClN2O6. The van der Waals surface area contributed by atoms with E-state index >= 15 is 0 Å². The van der Waals surface area contributed by atoms with Crippen molar-refractivity contribution in [2.24, 2.45) is 5.16 Å². The van der Waals surface area contributed by atoms with E-state index in [9.17, 15) is 14.7 Å². The Hall–Kier alpha value is -2.68. The number of carbonyl (C=O) groups excluding carboxylic acids is 2. The number of amides is 1. The quantitative estimate of drug-likeness (QED) is 0.242. The number of carbonyl (C=O) groups is 2. The molecule has 1 amide bonds. The van der Waals surface area contributed by atoms with E-state index in [1.807, 2.05) is 33.8 Å². The summed E-state index contributed by atoms with van der Waals surface area (Å²) in [5, 5.41) is 14.8. The van der Waals surface area contributed by atoms with Crippen LogP contribution in [0.3, 0.4) is 0 Å². The standard InChI is InChI=1S/C27H35ClN2O6/c1-5-30(6-2)23(33)16-34-29-20-12-17(3)10-8-7-9-11-18(4)35-27-26(36-27)24-19(15-31)13-22(32)25(28)21(24)14-20/h7,9,12-13,15,18,26-27,32H,5-6,8,10-11,14,16H2,1-4H3/b9-7+,17-12+,29-20-/t18-,26?,27?/m1/s1. The maximum atomic E-state index is 12.4. The third-order valence-corrected chi connectivity index (χ3v) is 6.67. The predicted molar refractivity (Wildman–Crippen MR) is 138 cm³/mol. The molecule has 2 heterocycles. The molecule has 0 saturated carbocycles. The van der Waals surface area contributed by atoms with Gasteiger partial charge < -0.3 is 24.3 Å². The van der Waals surface area contributed by atoms with Crippen LogP contribution in [0.5, 0.6) is 5.75 Å². The molecule has 1 fully saturated rings. The molecule has 0 aromatic heterocycles. The molecule has 1 aromatic carbocycles. The van der Waals surface area contributed by atoms with Crippen molar-refractivity contribution in [3.8, 4) is 5.75 Å². The van der Waals surface area contributed by atoms with Crippen LogP contribution in [0.25, 0.3) is 0 Å². The molecule has 0 radical (unpaired) electrons. The number of phenols is 1. The van der Waals surface area contributed by atoms with Gasteiger partial charge in [-0.2, -0.15) is 0 Å². The number of likely N-dealkylation sites (N-methyl/N-ethyl adjacent to an activating group) is 1. The van der Waals surface area contributed by atoms with Gasteiger partial charge in [0.05, 0.1) is 16.8 Å². The smallest absolute Gasteiger partial charge is 0.263 e. The maximum Gasteiger partial charge on any atom is 0.263 e. The van der Waals surface area contributed by atoms with Crippen molar-refractivity contribution < 1.29 is 29.0 Å². The largest absolute Gasteiger partial charge is 0.506 e. The van der Waals surface area contributed by atoms with Gasteiger partial charge in [-0.1, -0.05) is 34.5 Å². The minimum atomic E-state index is -0.516. The van der Waals surface area contributed by atoms with Crippen LogP contribution in [0.2, 0.25) is 5.02 Å². The van der Waals surface area contributed by atoms with Gasteiger partial charge in [0.25, 0.3) is 5.91 Å². The molecule has 2 unspecified atom stereocenters. The third kappa shape index (κ3) is 7.18. The van der Waals surface area contributed by atoms with Crippen LogP contribution in [0.15, 0.2) is 35.0 Å². The van der Waals surface area contributed by atoms with E-state index < -0.39 is 12.4 Å². The number of fused-ring (bicyclic) bond motifs is 3. The Morgan fingerprint density at radius 3 is 2.75 bits per heavy atom. The zero-order valence-electron chi connectivity index (χ0n) is 21.3. The molecule has 2 aliphatic rings. The lowest BCUT2D eigenvalue weighted by Gasteiger charge is -2.18. The topological polar surface area (TPSA) is 101 Å². The van der Waals surface area contributed by atoms with Crippen molar-refractivity contribution in [1.29, 1.82) is 0 Å². The van der Waals surface area contributed by atoms with Gasteiger partial charge in [-0.25, -0.2) is 0 Å². The minimum Gasteiger partial charge on any atom is -0.506 e. The summed E-state index contributed by atoms with van der Waals surface area (Å²) in [6.07, 6.45) is 8.24. The van der Waals surface area contributed by atoms with E-state index in [1.54, 1.807) is 4.90 Å². The van der Waals surface area contributed by atoms with E-state index in [2.05, 4.69) is 17.3 Å². The second kappa shape index (κ2) is 13.0. The summed E-state index contributed by atoms with van der Waals surface area (Å²) in [5.41, 5.74) is 2.92. The first-order valence-electron chi connectivity index (χ1n) is 12.4. The number of epoxide rings is 1. The van der Waals surface area contributed by atoms with Crippen LogP contribution in [0.1, 0.15) is 74.5 Å². The lowest BCUT2D eigenvalue weighted by molar-refractivity contribution is -0.135. The van der Waals surface area contributed by atoms with Gasteiger partial charge >= 0.3 is 0 Å². The highest BCUT2D eigenvalue weighted by Crippen LogP contribution is 2.47. The van der Waals surface area contributed by atoms with E-state index in [-0.39, 0.29) is 41.4 Å². The molecule has 2 aliphatic heterocycles. The summed E-state index contributed by atoms with van der Waals surface area (Å²) in [6.45, 7) is 8.75. The normalized spacial score (nSPS) is 25.9. The summed E-state index contributed by atoms with van der Waals surface area (Å²) >= 11 is 6.55. The average molecular weight is 519 g/mol. The number of benzene rings is 1. The molecule has 3 atom stereocenters. The van der Waals surface area contributed by atoms with Gasteiger partial charge in [0.15, 0.2) is 19.2 Å². The zero-order valence-corrected chi connectivity index (χ0v) is 22.1. The Morgan fingerprint density at radius 1 is 1.31 bits per heavy atom. The number of phenolic OH excluding ortho intramolecular Hbond substituents is 1. The van der Waals surface area contributed by atoms with Crippen LogP contribution < -0.4 is 0 Å². The molecule has 36 heavy (non-hydrogen) atoms. The van der Waals surface area contributed by atoms with E-state index in [0.717, 1.165) is 24.8 Å². The molecule has 1 saturated heterocycles. The van der Waals surface area contributed by atoms with Crippen LogP contribution in [-0.4, -0.2) is 60.0 Å². The summed E-state index contributed by atoms with van der Waals surface area (Å²) in [5.74, 6) is -0.365. The minimum absolute atomic E-state index is 0.0670. The molecule has 9 heteroatoms. The highest BCUT2D eigenvalue weighted by Gasteiger charge is 2.45. The van der Waals surface area contributed by atoms with Crippen LogP contribution in [0, 0.1) is 0 Å². The van der Waals surface area contributed by atoms with E-state index in [0.29, 0.717) is 36.2 Å². The highest BCUT2D eigenvalue weighted by atomic mass is 35.5. The molecule has 8 nitrogen and oxygen atoms in total. The van der Waals surface area contributed by atoms with Crippen molar-refractivity contribution >= 4 is 29.5 Å². The van der Waals surface area contributed by atoms with Gasteiger partial charge in [0.2, 0.25) is 0 Å². The van der Waals surface area contributed by atoms with Crippen molar-refractivity contribution in [3.05, 3.63) is 51.6 Å². The summed E-state index contributed by atoms with van der Waals surface area (Å²) in [4.78, 5) is 31.4. The van der Waals surface area contributed by atoms with Gasteiger partial charge in [-0.15, -0.1) is 0 Å². The second-order valence-electron chi connectivity index (χ2n) is 9.02. The monoisotopic (exact) mass is 518 g/mol. The first-order chi connectivity index (χ1) is 17.3. The van der Waals surface area contributed by atoms with Crippen molar-refractivity contribution in [2.45, 2.75) is 71.9 Å². The molecule has 1 N–H and O–H groups in total. The van der Waals surface area contributed by atoms with Gasteiger partial charge in [-0.3, -0.25) is 9.59 Å². The number of ether oxygens (including phenoxy) is 2. The van der Waals surface area contributed by atoms with Gasteiger partial charge in [0.1, 0.15) is 11.9 Å². The Morgan fingerprint density at radius 2 is 2.06 bits per heavy atom. The Bertz CT molecular complexity index is 1050. The van der Waals surface area contributed by atoms with Gasteiger partial charge in [0, 0.05) is 30.6 Å². The highest BCUT2D eigenvalue weighted by molar-refractivity contribution is 6.33. The van der Waals surface area contributed by atoms with Crippen LogP contribution >= 0.6 is 11.6 Å². The lowest BCUT2D eigenvalue weighted by Crippen LogP contribution is -2.33. The molecule has 0 bridgehead atoms. The molecule has 196 valence electrons. The summed E-state index contributed by atoms with van der Waals surface area (Å²) < 4.78 is 11.8. The fourth-order valence-corrected chi connectivity index (χ4v) is 4.46. The SMILES string of the molecule is CCN(CC)C(=O)CO/N=C1/C=C(\C)CC/C=C/C[C@@H](C)OC2OC2c2c(C=O)cc(O)c(Cl)c2C1. The first-order valence-corrected chi connectivity index (χ1v) is 12.8. The van der Waals surface area contributed by atoms with Crippen molar-refractivity contribution in [1.82, 2.24) is 4.90 Å². The Kier molecular flexibility index (Phi) is 10.1.